The summed E-state index contributed by atoms with van der Waals surface area (Å²) in [5.41, 5.74) is 6.82. The third-order valence-corrected chi connectivity index (χ3v) is 2.62. The molecule has 1 aromatic rings. The highest BCUT2D eigenvalue weighted by molar-refractivity contribution is 5.95. The number of anilines is 1. The van der Waals surface area contributed by atoms with Gasteiger partial charge in [0.05, 0.1) is 5.69 Å². The first-order valence-electron chi connectivity index (χ1n) is 6.02. The lowest BCUT2D eigenvalue weighted by molar-refractivity contribution is 0.0939. The number of rotatable bonds is 6. The molecule has 18 heavy (non-hydrogen) atoms. The van der Waals surface area contributed by atoms with Gasteiger partial charge in [0.2, 0.25) is 0 Å². The topological polar surface area (TPSA) is 64.3 Å². The molecule has 1 rings (SSSR count). The molecule has 0 aliphatic rings. The minimum absolute atomic E-state index is 0.118. The molecule has 4 heteroatoms. The van der Waals surface area contributed by atoms with Crippen molar-refractivity contribution in [2.45, 2.75) is 26.3 Å². The third kappa shape index (κ3) is 3.80. The number of hydrogen-bond acceptors (Lipinski definition) is 3. The number of nitrogens with one attached hydrogen (secondary N) is 1. The van der Waals surface area contributed by atoms with Gasteiger partial charge in [0.15, 0.2) is 0 Å². The van der Waals surface area contributed by atoms with E-state index in [0.717, 1.165) is 6.42 Å². The summed E-state index contributed by atoms with van der Waals surface area (Å²) in [5, 5.41) is 2.89. The van der Waals surface area contributed by atoms with E-state index in [-0.39, 0.29) is 11.9 Å². The van der Waals surface area contributed by atoms with Gasteiger partial charge in [-0.15, -0.1) is 0 Å². The zero-order valence-electron chi connectivity index (χ0n) is 10.9. The fraction of sp³-hybridized carbons (Fsp3) is 0.357. The second-order valence-electron chi connectivity index (χ2n) is 4.14. The molecule has 0 fully saturated rings. The van der Waals surface area contributed by atoms with Gasteiger partial charge < -0.3 is 15.8 Å². The molecule has 0 aliphatic heterocycles. The molecular weight excluding hydrogens is 228 g/mol. The van der Waals surface area contributed by atoms with Crippen LogP contribution in [0.2, 0.25) is 0 Å². The number of ether oxygens (including phenoxy) is 1. The van der Waals surface area contributed by atoms with E-state index < -0.39 is 0 Å². The van der Waals surface area contributed by atoms with Gasteiger partial charge in [0.1, 0.15) is 12.4 Å². The van der Waals surface area contributed by atoms with Crippen LogP contribution in [0.3, 0.4) is 0 Å². The van der Waals surface area contributed by atoms with Crippen LogP contribution >= 0.6 is 0 Å². The molecule has 0 aromatic heterocycles. The number of hydrogen-bond donors (Lipinski definition) is 2. The Balaban J connectivity index is 2.83. The summed E-state index contributed by atoms with van der Waals surface area (Å²) in [6.45, 7) is 7.91. The normalized spacial score (nSPS) is 11.7. The van der Waals surface area contributed by atoms with Crippen molar-refractivity contribution >= 4 is 11.6 Å². The average Bonchev–Trinajstić information content (AvgIpc) is 2.37. The summed E-state index contributed by atoms with van der Waals surface area (Å²) in [5.74, 6) is 0.388. The van der Waals surface area contributed by atoms with Crippen molar-refractivity contribution in [2.24, 2.45) is 0 Å². The molecule has 1 atom stereocenters. The highest BCUT2D eigenvalue weighted by Gasteiger charge is 2.10. The fourth-order valence-corrected chi connectivity index (χ4v) is 1.36. The van der Waals surface area contributed by atoms with E-state index in [4.69, 9.17) is 10.5 Å². The van der Waals surface area contributed by atoms with Crippen LogP contribution in [-0.2, 0) is 0 Å². The molecule has 3 N–H and O–H groups in total. The smallest absolute Gasteiger partial charge is 0.251 e. The summed E-state index contributed by atoms with van der Waals surface area (Å²) in [6, 6.07) is 5.15. The van der Waals surface area contributed by atoms with Gasteiger partial charge in [0.25, 0.3) is 5.91 Å². The maximum atomic E-state index is 11.9. The van der Waals surface area contributed by atoms with E-state index in [1.54, 1.807) is 24.3 Å². The number of amides is 1. The van der Waals surface area contributed by atoms with Crippen molar-refractivity contribution in [3.05, 3.63) is 36.4 Å². The van der Waals surface area contributed by atoms with E-state index >= 15 is 0 Å². The molecule has 1 unspecified atom stereocenters. The standard InChI is InChI=1S/C14H20N2O2/c1-4-8-18-13-9-11(6-7-12(13)15)14(17)16-10(3)5-2/h4,6-7,9-10H,1,5,8,15H2,2-3H3,(H,16,17). The second-order valence-corrected chi connectivity index (χ2v) is 4.14. The maximum absolute atomic E-state index is 11.9. The van der Waals surface area contributed by atoms with Crippen molar-refractivity contribution in [2.75, 3.05) is 12.3 Å². The summed E-state index contributed by atoms with van der Waals surface area (Å²) in [4.78, 5) is 11.9. The van der Waals surface area contributed by atoms with Crippen LogP contribution < -0.4 is 15.8 Å². The Kier molecular flexibility index (Phi) is 5.24. The Morgan fingerprint density at radius 2 is 2.33 bits per heavy atom. The molecule has 0 bridgehead atoms. The molecule has 0 heterocycles. The van der Waals surface area contributed by atoms with E-state index in [9.17, 15) is 4.79 Å². The first-order valence-corrected chi connectivity index (χ1v) is 6.02. The molecule has 0 aliphatic carbocycles. The lowest BCUT2D eigenvalue weighted by Crippen LogP contribution is -2.31. The monoisotopic (exact) mass is 248 g/mol. The summed E-state index contributed by atoms with van der Waals surface area (Å²) < 4.78 is 5.39. The zero-order valence-corrected chi connectivity index (χ0v) is 10.9. The minimum Gasteiger partial charge on any atom is -0.487 e. The molecule has 0 spiro atoms. The van der Waals surface area contributed by atoms with Gasteiger partial charge in [0, 0.05) is 11.6 Å². The zero-order chi connectivity index (χ0) is 13.5. The van der Waals surface area contributed by atoms with Crippen LogP contribution in [-0.4, -0.2) is 18.6 Å². The Morgan fingerprint density at radius 1 is 1.61 bits per heavy atom. The van der Waals surface area contributed by atoms with Gasteiger partial charge in [-0.05, 0) is 31.5 Å². The number of carbonyl (C=O) groups excluding carboxylic acids is 1. The minimum atomic E-state index is -0.118. The molecule has 1 aromatic carbocycles. The van der Waals surface area contributed by atoms with Crippen molar-refractivity contribution in [3.63, 3.8) is 0 Å². The summed E-state index contributed by atoms with van der Waals surface area (Å²) in [6.07, 6.45) is 2.52. The first kappa shape index (κ1) is 14.1. The van der Waals surface area contributed by atoms with Crippen LogP contribution in [0, 0.1) is 0 Å². The number of nitrogens with two attached hydrogens (primary N) is 1. The lowest BCUT2D eigenvalue weighted by atomic mass is 10.1. The highest BCUT2D eigenvalue weighted by Crippen LogP contribution is 2.22. The first-order chi connectivity index (χ1) is 8.58. The Bertz CT molecular complexity index is 430. The van der Waals surface area contributed by atoms with Crippen molar-refractivity contribution < 1.29 is 9.53 Å². The Hall–Kier alpha value is -1.97. The van der Waals surface area contributed by atoms with Gasteiger partial charge in [-0.1, -0.05) is 19.6 Å². The van der Waals surface area contributed by atoms with E-state index in [2.05, 4.69) is 11.9 Å². The Labute approximate surface area is 108 Å². The number of nitrogen functional groups attached to an aromatic ring is 1. The lowest BCUT2D eigenvalue weighted by Gasteiger charge is -2.13. The van der Waals surface area contributed by atoms with Crippen LogP contribution in [0.1, 0.15) is 30.6 Å². The fourth-order valence-electron chi connectivity index (χ4n) is 1.36. The van der Waals surface area contributed by atoms with Gasteiger partial charge in [-0.25, -0.2) is 0 Å². The molecule has 0 saturated heterocycles. The third-order valence-electron chi connectivity index (χ3n) is 2.62. The number of carbonyl (C=O) groups is 1. The van der Waals surface area contributed by atoms with Crippen LogP contribution in [0.15, 0.2) is 30.9 Å². The van der Waals surface area contributed by atoms with Crippen molar-refractivity contribution in [3.8, 4) is 5.75 Å². The van der Waals surface area contributed by atoms with E-state index in [1.165, 1.54) is 0 Å². The maximum Gasteiger partial charge on any atom is 0.251 e. The second kappa shape index (κ2) is 6.69. The molecule has 98 valence electrons. The highest BCUT2D eigenvalue weighted by atomic mass is 16.5. The van der Waals surface area contributed by atoms with Gasteiger partial charge in [-0.3, -0.25) is 4.79 Å². The molecule has 0 saturated carbocycles. The van der Waals surface area contributed by atoms with Crippen molar-refractivity contribution in [1.29, 1.82) is 0 Å². The van der Waals surface area contributed by atoms with Crippen LogP contribution in [0.5, 0.6) is 5.75 Å². The summed E-state index contributed by atoms with van der Waals surface area (Å²) in [7, 11) is 0. The summed E-state index contributed by atoms with van der Waals surface area (Å²) >= 11 is 0. The molecular formula is C14H20N2O2. The van der Waals surface area contributed by atoms with Crippen LogP contribution in [0.25, 0.3) is 0 Å². The van der Waals surface area contributed by atoms with E-state index in [1.807, 2.05) is 13.8 Å². The molecule has 1 amide bonds. The van der Waals surface area contributed by atoms with Crippen LogP contribution in [0.4, 0.5) is 5.69 Å². The van der Waals surface area contributed by atoms with Crippen molar-refractivity contribution in [1.82, 2.24) is 5.32 Å². The van der Waals surface area contributed by atoms with Gasteiger partial charge >= 0.3 is 0 Å². The molecule has 0 radical (unpaired) electrons. The Morgan fingerprint density at radius 3 is 2.94 bits per heavy atom. The SMILES string of the molecule is C=CCOc1cc(C(=O)NC(C)CC)ccc1N. The predicted molar refractivity (Wildman–Crippen MR) is 73.8 cm³/mol. The predicted octanol–water partition coefficient (Wildman–Crippen LogP) is 2.36. The largest absolute Gasteiger partial charge is 0.487 e. The average molecular weight is 248 g/mol. The number of benzene rings is 1. The van der Waals surface area contributed by atoms with E-state index in [0.29, 0.717) is 23.6 Å². The van der Waals surface area contributed by atoms with Gasteiger partial charge in [-0.2, -0.15) is 0 Å². The molecule has 4 nitrogen and oxygen atoms in total. The quantitative estimate of drug-likeness (QED) is 0.600.